The first-order chi connectivity index (χ1) is 17.8. The molecular weight excluding hydrogens is 452 g/mol. The third-order valence-corrected chi connectivity index (χ3v) is 9.19. The fourth-order valence-corrected chi connectivity index (χ4v) is 7.44. The molecule has 36 heavy (non-hydrogen) atoms. The summed E-state index contributed by atoms with van der Waals surface area (Å²) in [4.78, 5) is 1.39. The summed E-state index contributed by atoms with van der Waals surface area (Å²) in [5.74, 6) is 0. The molecule has 6 aromatic carbocycles. The molecule has 0 spiro atoms. The van der Waals surface area contributed by atoms with E-state index in [0.29, 0.717) is 0 Å². The first-order valence-electron chi connectivity index (χ1n) is 12.8. The van der Waals surface area contributed by atoms with Crippen LogP contribution in [0.4, 0.5) is 0 Å². The average Bonchev–Trinajstić information content (AvgIpc) is 3.21. The Morgan fingerprint density at radius 3 is 2.00 bits per heavy atom. The summed E-state index contributed by atoms with van der Waals surface area (Å²) in [6.45, 7) is 0. The smallest absolute Gasteiger partial charge is 0.0428 e. The Labute approximate surface area is 214 Å². The van der Waals surface area contributed by atoms with Gasteiger partial charge < -0.3 is 0 Å². The number of aryl methyl sites for hydroxylation is 1. The van der Waals surface area contributed by atoms with Gasteiger partial charge in [-0.3, -0.25) is 0 Å². The quantitative estimate of drug-likeness (QED) is 0.233. The number of rotatable bonds is 2. The Hall–Kier alpha value is -3.94. The van der Waals surface area contributed by atoms with E-state index >= 15 is 0 Å². The highest BCUT2D eigenvalue weighted by atomic mass is 32.1. The fraction of sp³-hybridized carbons (Fsp3) is 0.0857. The van der Waals surface area contributed by atoms with Crippen LogP contribution in [0, 0.1) is 0 Å². The van der Waals surface area contributed by atoms with Crippen LogP contribution in [0.25, 0.3) is 58.4 Å². The molecule has 0 unspecified atom stereocenters. The van der Waals surface area contributed by atoms with Crippen LogP contribution in [-0.2, 0) is 6.42 Å². The van der Waals surface area contributed by atoms with Gasteiger partial charge in [0.15, 0.2) is 0 Å². The molecule has 0 radical (unpaired) electrons. The van der Waals surface area contributed by atoms with Gasteiger partial charge in [-0.15, -0.1) is 11.3 Å². The lowest BCUT2D eigenvalue weighted by molar-refractivity contribution is 0.864. The molecular formula is C35H24S. The lowest BCUT2D eigenvalue weighted by Gasteiger charge is -2.10. The van der Waals surface area contributed by atoms with Gasteiger partial charge in [-0.25, -0.2) is 0 Å². The highest BCUT2D eigenvalue weighted by Gasteiger charge is 2.19. The Bertz CT molecular complexity index is 2020. The summed E-state index contributed by atoms with van der Waals surface area (Å²) >= 11 is 1.94. The highest BCUT2D eigenvalue weighted by Crippen LogP contribution is 2.43. The first-order valence-corrected chi connectivity index (χ1v) is 13.6. The standard InChI is InChI=1S/C35H24S/c1-3-8-25-20-27(14-12-22(25)6-1)29-11-5-10-24-16-17-31-34-32(19-18-30(29)33(24)34)36-35(31)28-15-13-23-7-2-4-9-26(23)21-28/h1-4,6-9,12-21H,5,10-11H2. The normalized spacial score (nSPS) is 13.7. The van der Waals surface area contributed by atoms with Crippen LogP contribution >= 0.6 is 11.3 Å². The van der Waals surface area contributed by atoms with E-state index in [-0.39, 0.29) is 0 Å². The van der Waals surface area contributed by atoms with Crippen LogP contribution < -0.4 is 5.22 Å². The monoisotopic (exact) mass is 476 g/mol. The Morgan fingerprint density at radius 1 is 0.528 bits per heavy atom. The lowest BCUT2D eigenvalue weighted by atomic mass is 9.94. The third kappa shape index (κ3) is 3.00. The second-order valence-electron chi connectivity index (χ2n) is 10.0. The maximum atomic E-state index is 2.40. The van der Waals surface area contributed by atoms with Gasteiger partial charge in [0.05, 0.1) is 0 Å². The molecule has 0 N–H and O–H groups in total. The summed E-state index contributed by atoms with van der Waals surface area (Å²) in [7, 11) is 0. The fourth-order valence-electron chi connectivity index (χ4n) is 6.25. The second-order valence-corrected chi connectivity index (χ2v) is 11.1. The van der Waals surface area contributed by atoms with Crippen LogP contribution in [0.3, 0.4) is 0 Å². The van der Waals surface area contributed by atoms with Gasteiger partial charge in [0.25, 0.3) is 0 Å². The minimum absolute atomic E-state index is 1.12. The summed E-state index contributed by atoms with van der Waals surface area (Å²) in [5, 5.41) is 11.0. The molecule has 0 amide bonds. The zero-order chi connectivity index (χ0) is 23.6. The summed E-state index contributed by atoms with van der Waals surface area (Å²) in [5.41, 5.74) is 5.68. The SMILES string of the molecule is c1ccc2cc(C3=c4ccc5sc(-c6ccc7ccccc7c6)c6ccc(c4c56)CCC3)ccc2c1. The van der Waals surface area contributed by atoms with Crippen LogP contribution in [0.5, 0.6) is 0 Å². The average molecular weight is 477 g/mol. The number of fused-ring (bicyclic) bond motifs is 2. The molecule has 0 saturated carbocycles. The van der Waals surface area contributed by atoms with Crippen molar-refractivity contribution >= 4 is 59.3 Å². The molecule has 0 saturated heterocycles. The van der Waals surface area contributed by atoms with Crippen molar-refractivity contribution in [1.29, 1.82) is 0 Å². The first kappa shape index (κ1) is 20.3. The molecule has 7 aromatic rings. The predicted molar refractivity (Wildman–Crippen MR) is 157 cm³/mol. The molecule has 1 heteroatoms. The molecule has 1 aromatic heterocycles. The Kier molecular flexibility index (Phi) is 4.38. The van der Waals surface area contributed by atoms with E-state index in [1.54, 1.807) is 0 Å². The van der Waals surface area contributed by atoms with Gasteiger partial charge in [-0.2, -0.15) is 0 Å². The van der Waals surface area contributed by atoms with Crippen LogP contribution in [0.15, 0.2) is 109 Å². The minimum atomic E-state index is 1.12. The largest absolute Gasteiger partial charge is 0.135 e. The molecule has 0 bridgehead atoms. The van der Waals surface area contributed by atoms with Crippen molar-refractivity contribution in [3.8, 4) is 10.4 Å². The lowest BCUT2D eigenvalue weighted by Crippen LogP contribution is -2.08. The van der Waals surface area contributed by atoms with Crippen molar-refractivity contribution in [1.82, 2.24) is 0 Å². The van der Waals surface area contributed by atoms with Crippen molar-refractivity contribution in [3.05, 3.63) is 126 Å². The molecule has 1 aliphatic carbocycles. The van der Waals surface area contributed by atoms with Crippen molar-refractivity contribution in [2.75, 3.05) is 0 Å². The van der Waals surface area contributed by atoms with Crippen molar-refractivity contribution in [3.63, 3.8) is 0 Å². The topological polar surface area (TPSA) is 0 Å². The number of hydrogen-bond donors (Lipinski definition) is 0. The van der Waals surface area contributed by atoms with E-state index in [2.05, 4.69) is 109 Å². The summed E-state index contributed by atoms with van der Waals surface area (Å²) in [6, 6.07) is 40.8. The highest BCUT2D eigenvalue weighted by molar-refractivity contribution is 7.23. The zero-order valence-electron chi connectivity index (χ0n) is 19.9. The number of benzene rings is 6. The molecule has 0 atom stereocenters. The van der Waals surface area contributed by atoms with Crippen molar-refractivity contribution in [2.24, 2.45) is 0 Å². The molecule has 170 valence electrons. The summed E-state index contributed by atoms with van der Waals surface area (Å²) in [6.07, 6.45) is 3.44. The van der Waals surface area contributed by atoms with Gasteiger partial charge in [0.2, 0.25) is 0 Å². The van der Waals surface area contributed by atoms with Gasteiger partial charge in [-0.1, -0.05) is 91.0 Å². The molecule has 0 aliphatic heterocycles. The van der Waals surface area contributed by atoms with Crippen LogP contribution in [0.2, 0.25) is 0 Å². The second kappa shape index (κ2) is 7.78. The van der Waals surface area contributed by atoms with Crippen molar-refractivity contribution in [2.45, 2.75) is 19.3 Å². The maximum Gasteiger partial charge on any atom is 0.0428 e. The molecule has 0 fully saturated rings. The molecule has 1 aliphatic rings. The van der Waals surface area contributed by atoms with E-state index in [4.69, 9.17) is 0 Å². The van der Waals surface area contributed by atoms with E-state index < -0.39 is 0 Å². The Balaban J connectivity index is 1.43. The number of hydrogen-bond acceptors (Lipinski definition) is 1. The van der Waals surface area contributed by atoms with Gasteiger partial charge >= 0.3 is 0 Å². The zero-order valence-corrected chi connectivity index (χ0v) is 20.7. The molecule has 0 nitrogen and oxygen atoms in total. The van der Waals surface area contributed by atoms with E-state index in [1.165, 1.54) is 81.2 Å². The predicted octanol–water partition coefficient (Wildman–Crippen LogP) is 9.28. The van der Waals surface area contributed by atoms with E-state index in [1.807, 2.05) is 11.3 Å². The number of thiophene rings is 1. The maximum absolute atomic E-state index is 2.40. The molecule has 1 heterocycles. The van der Waals surface area contributed by atoms with Gasteiger partial charge in [0, 0.05) is 20.3 Å². The van der Waals surface area contributed by atoms with Crippen molar-refractivity contribution < 1.29 is 0 Å². The molecule has 8 rings (SSSR count). The van der Waals surface area contributed by atoms with Gasteiger partial charge in [-0.05, 0) is 91.9 Å². The Morgan fingerprint density at radius 2 is 1.22 bits per heavy atom. The van der Waals surface area contributed by atoms with Crippen LogP contribution in [0.1, 0.15) is 24.0 Å². The van der Waals surface area contributed by atoms with Gasteiger partial charge in [0.1, 0.15) is 0 Å². The van der Waals surface area contributed by atoms with E-state index in [9.17, 15) is 0 Å². The van der Waals surface area contributed by atoms with Crippen LogP contribution in [-0.4, -0.2) is 0 Å². The third-order valence-electron chi connectivity index (χ3n) is 7.97. The minimum Gasteiger partial charge on any atom is -0.135 e. The van der Waals surface area contributed by atoms with E-state index in [0.717, 1.165) is 12.8 Å². The summed E-state index contributed by atoms with van der Waals surface area (Å²) < 4.78 is 1.40.